The molecule has 0 radical (unpaired) electrons. The van der Waals surface area contributed by atoms with Crippen LogP contribution in [0.15, 0.2) is 48.9 Å². The van der Waals surface area contributed by atoms with E-state index < -0.39 is 11.4 Å². The molecule has 0 saturated carbocycles. The number of rotatable bonds is 6. The molecule has 4 rings (SSSR count). The van der Waals surface area contributed by atoms with E-state index in [1.54, 1.807) is 6.07 Å². The van der Waals surface area contributed by atoms with Crippen molar-refractivity contribution in [2.75, 3.05) is 13.7 Å². The van der Waals surface area contributed by atoms with Crippen molar-refractivity contribution < 1.29 is 18.7 Å². The number of piperidine rings is 1. The normalized spacial score (nSPS) is 20.0. The molecule has 9 heteroatoms. The molecular formula is C24H22FN5O3. The fourth-order valence-electron chi connectivity index (χ4n) is 3.86. The van der Waals surface area contributed by atoms with Gasteiger partial charge in [0, 0.05) is 42.3 Å². The van der Waals surface area contributed by atoms with Crippen LogP contribution in [0.3, 0.4) is 0 Å². The van der Waals surface area contributed by atoms with Gasteiger partial charge >= 0.3 is 0 Å². The van der Waals surface area contributed by atoms with Crippen LogP contribution in [0.2, 0.25) is 0 Å². The molecule has 0 aliphatic carbocycles. The summed E-state index contributed by atoms with van der Waals surface area (Å²) in [4.78, 5) is 26.6. The zero-order valence-corrected chi connectivity index (χ0v) is 18.2. The van der Waals surface area contributed by atoms with Gasteiger partial charge in [-0.2, -0.15) is 5.26 Å². The van der Waals surface area contributed by atoms with Crippen molar-refractivity contribution in [2.45, 2.75) is 31.4 Å². The Hall–Kier alpha value is -3.90. The van der Waals surface area contributed by atoms with E-state index >= 15 is 0 Å². The topological polar surface area (TPSA) is 110 Å². The molecule has 0 amide bonds. The number of pyridine rings is 1. The number of halogens is 1. The fraction of sp³-hybridized carbons (Fsp3) is 0.292. The number of nitrogens with one attached hydrogen (secondary N) is 1. The molecule has 1 N–H and O–H groups in total. The van der Waals surface area contributed by atoms with E-state index in [-0.39, 0.29) is 52.5 Å². The van der Waals surface area contributed by atoms with Gasteiger partial charge in [0.05, 0.1) is 7.11 Å². The molecule has 1 fully saturated rings. The quantitative estimate of drug-likeness (QED) is 0.573. The van der Waals surface area contributed by atoms with Crippen LogP contribution in [-0.4, -0.2) is 46.0 Å². The van der Waals surface area contributed by atoms with E-state index in [0.717, 1.165) is 0 Å². The number of carbonyl (C=O) groups is 1. The van der Waals surface area contributed by atoms with Crippen LogP contribution in [0.1, 0.15) is 35.7 Å². The number of aromatic nitrogens is 3. The second kappa shape index (κ2) is 9.30. The van der Waals surface area contributed by atoms with E-state index in [1.165, 1.54) is 50.0 Å². The van der Waals surface area contributed by atoms with Gasteiger partial charge in [-0.25, -0.2) is 19.3 Å². The molecule has 0 unspecified atom stereocenters. The molecule has 1 aliphatic rings. The molecule has 1 saturated heterocycles. The van der Waals surface area contributed by atoms with Gasteiger partial charge in [0.15, 0.2) is 17.2 Å². The second-order valence-corrected chi connectivity index (χ2v) is 7.82. The summed E-state index contributed by atoms with van der Waals surface area (Å²) < 4.78 is 25.8. The molecule has 3 heterocycles. The molecule has 0 spiro atoms. The number of ether oxygens (including phenoxy) is 2. The van der Waals surface area contributed by atoms with Crippen molar-refractivity contribution in [1.29, 1.82) is 5.26 Å². The highest BCUT2D eigenvalue weighted by Gasteiger charge is 2.46. The predicted molar refractivity (Wildman–Crippen MR) is 117 cm³/mol. The van der Waals surface area contributed by atoms with Crippen LogP contribution >= 0.6 is 0 Å². The maximum Gasteiger partial charge on any atom is 0.259 e. The predicted octanol–water partition coefficient (Wildman–Crippen LogP) is 3.33. The van der Waals surface area contributed by atoms with Crippen molar-refractivity contribution in [2.24, 2.45) is 0 Å². The highest BCUT2D eigenvalue weighted by atomic mass is 19.1. The highest BCUT2D eigenvalue weighted by molar-refractivity contribution is 6.07. The van der Waals surface area contributed by atoms with Crippen LogP contribution < -0.4 is 14.8 Å². The minimum Gasteiger partial charge on any atom is -0.490 e. The largest absolute Gasteiger partial charge is 0.490 e. The summed E-state index contributed by atoms with van der Waals surface area (Å²) in [5, 5.41) is 12.7. The van der Waals surface area contributed by atoms with Crippen molar-refractivity contribution in [3.63, 3.8) is 0 Å². The van der Waals surface area contributed by atoms with E-state index in [0.29, 0.717) is 12.8 Å². The standard InChI is InChI=1S/C24H22FN5O3/c1-15-6-8-24(14-30-15,33-23-20(32-2)16(13-26)7-11-29-23)21(31)18-5-4-17(25)12-19(18)22-27-9-3-10-28-22/h3-5,7,9-12,15,30H,6,8,14H2,1-2H3/t15-,24-/m1/s1. The molecule has 33 heavy (non-hydrogen) atoms. The molecule has 1 aromatic carbocycles. The number of hydrogen-bond donors (Lipinski definition) is 1. The lowest BCUT2D eigenvalue weighted by molar-refractivity contribution is 0.0251. The fourth-order valence-corrected chi connectivity index (χ4v) is 3.86. The van der Waals surface area contributed by atoms with Gasteiger partial charge < -0.3 is 14.8 Å². The summed E-state index contributed by atoms with van der Waals surface area (Å²) in [5.41, 5.74) is -0.618. The molecule has 168 valence electrons. The van der Waals surface area contributed by atoms with Crippen LogP contribution in [0.4, 0.5) is 4.39 Å². The number of carbonyl (C=O) groups excluding carboxylic acids is 1. The zero-order valence-electron chi connectivity index (χ0n) is 18.2. The van der Waals surface area contributed by atoms with Crippen LogP contribution in [0, 0.1) is 17.1 Å². The molecule has 2 aromatic heterocycles. The van der Waals surface area contributed by atoms with Gasteiger partial charge in [0.2, 0.25) is 5.78 Å². The Morgan fingerprint density at radius 3 is 2.70 bits per heavy atom. The molecular weight excluding hydrogens is 425 g/mol. The van der Waals surface area contributed by atoms with E-state index in [9.17, 15) is 14.4 Å². The van der Waals surface area contributed by atoms with Crippen molar-refractivity contribution in [3.05, 3.63) is 65.9 Å². The van der Waals surface area contributed by atoms with Gasteiger partial charge in [0.1, 0.15) is 17.4 Å². The molecule has 2 atom stereocenters. The van der Waals surface area contributed by atoms with Gasteiger partial charge in [-0.3, -0.25) is 4.79 Å². The first-order chi connectivity index (χ1) is 16.0. The first-order valence-electron chi connectivity index (χ1n) is 10.4. The third-order valence-corrected chi connectivity index (χ3v) is 5.65. The molecule has 3 aromatic rings. The highest BCUT2D eigenvalue weighted by Crippen LogP contribution is 2.36. The Bertz CT molecular complexity index is 1200. The smallest absolute Gasteiger partial charge is 0.259 e. The first-order valence-corrected chi connectivity index (χ1v) is 10.4. The van der Waals surface area contributed by atoms with Crippen molar-refractivity contribution >= 4 is 5.78 Å². The summed E-state index contributed by atoms with van der Waals surface area (Å²) in [6.07, 6.45) is 5.52. The summed E-state index contributed by atoms with van der Waals surface area (Å²) in [6, 6.07) is 9.25. The second-order valence-electron chi connectivity index (χ2n) is 7.82. The monoisotopic (exact) mass is 447 g/mol. The Balaban J connectivity index is 1.82. The Kier molecular flexibility index (Phi) is 6.29. The average molecular weight is 447 g/mol. The lowest BCUT2D eigenvalue weighted by Crippen LogP contribution is -2.58. The van der Waals surface area contributed by atoms with E-state index in [2.05, 4.69) is 20.3 Å². The number of hydrogen-bond acceptors (Lipinski definition) is 8. The molecule has 1 aliphatic heterocycles. The average Bonchev–Trinajstić information content (AvgIpc) is 2.85. The third kappa shape index (κ3) is 4.38. The molecule has 0 bridgehead atoms. The maximum atomic E-state index is 14.1. The van der Waals surface area contributed by atoms with Gasteiger partial charge in [-0.05, 0) is 50.1 Å². The van der Waals surface area contributed by atoms with Gasteiger partial charge in [-0.1, -0.05) is 0 Å². The Labute approximate surface area is 190 Å². The SMILES string of the molecule is COc1c(C#N)ccnc1O[C@]1(C(=O)c2ccc(F)cc2-c2ncccn2)CC[C@@H](C)NC1. The zero-order chi connectivity index (χ0) is 23.4. The molecule has 8 nitrogen and oxygen atoms in total. The Morgan fingerprint density at radius 1 is 1.24 bits per heavy atom. The summed E-state index contributed by atoms with van der Waals surface area (Å²) in [5.74, 6) is -0.452. The van der Waals surface area contributed by atoms with Crippen molar-refractivity contribution in [3.8, 4) is 29.1 Å². The van der Waals surface area contributed by atoms with E-state index in [1.807, 2.05) is 13.0 Å². The minimum atomic E-state index is -1.36. The van der Waals surface area contributed by atoms with Gasteiger partial charge in [0.25, 0.3) is 5.88 Å². The van der Waals surface area contributed by atoms with Crippen LogP contribution in [-0.2, 0) is 0 Å². The van der Waals surface area contributed by atoms with Crippen LogP contribution in [0.25, 0.3) is 11.4 Å². The lowest BCUT2D eigenvalue weighted by Gasteiger charge is -2.39. The summed E-state index contributed by atoms with van der Waals surface area (Å²) in [7, 11) is 1.41. The summed E-state index contributed by atoms with van der Waals surface area (Å²) >= 11 is 0. The maximum absolute atomic E-state index is 14.1. The van der Waals surface area contributed by atoms with Gasteiger partial charge in [-0.15, -0.1) is 0 Å². The first kappa shape index (κ1) is 22.3. The number of benzene rings is 1. The number of methoxy groups -OCH3 is 1. The third-order valence-electron chi connectivity index (χ3n) is 5.65. The van der Waals surface area contributed by atoms with Crippen LogP contribution in [0.5, 0.6) is 11.6 Å². The minimum absolute atomic E-state index is 0.0425. The number of nitrogens with zero attached hydrogens (tertiary/aromatic N) is 4. The van der Waals surface area contributed by atoms with E-state index in [4.69, 9.17) is 9.47 Å². The lowest BCUT2D eigenvalue weighted by atomic mass is 9.82. The Morgan fingerprint density at radius 2 is 2.03 bits per heavy atom. The van der Waals surface area contributed by atoms with Crippen molar-refractivity contribution in [1.82, 2.24) is 20.3 Å². The number of Topliss-reactive ketones (excluding diaryl/α,β-unsaturated/α-hetero) is 1. The number of ketones is 1. The number of nitriles is 1. The summed E-state index contributed by atoms with van der Waals surface area (Å²) in [6.45, 7) is 2.21.